The van der Waals surface area contributed by atoms with Crippen LogP contribution < -0.4 is 5.56 Å². The van der Waals surface area contributed by atoms with Crippen LogP contribution in [0.2, 0.25) is 0 Å². The summed E-state index contributed by atoms with van der Waals surface area (Å²) in [6.07, 6.45) is 1.74. The van der Waals surface area contributed by atoms with Gasteiger partial charge in [0.25, 0.3) is 5.56 Å². The molecule has 0 unspecified atom stereocenters. The fourth-order valence-electron chi connectivity index (χ4n) is 2.93. The fraction of sp³-hybridized carbons (Fsp3) is 0.111. The summed E-state index contributed by atoms with van der Waals surface area (Å²) in [5, 5.41) is 14.7. The average Bonchev–Trinajstić information content (AvgIpc) is 3.38. The second-order valence-corrected chi connectivity index (χ2v) is 8.67. The van der Waals surface area contributed by atoms with E-state index < -0.39 is 0 Å². The molecule has 5 aromatic rings. The molecule has 134 valence electrons. The van der Waals surface area contributed by atoms with Crippen molar-refractivity contribution in [1.29, 1.82) is 0 Å². The van der Waals surface area contributed by atoms with E-state index in [9.17, 15) is 4.79 Å². The van der Waals surface area contributed by atoms with Crippen molar-refractivity contribution in [3.8, 4) is 11.4 Å². The first-order chi connectivity index (χ1) is 13.2. The molecule has 0 radical (unpaired) electrons. The molecule has 0 aliphatic rings. The molecule has 0 aliphatic carbocycles. The van der Waals surface area contributed by atoms with Crippen molar-refractivity contribution in [1.82, 2.24) is 24.1 Å². The van der Waals surface area contributed by atoms with Crippen molar-refractivity contribution in [3.63, 3.8) is 0 Å². The molecule has 1 aromatic carbocycles. The maximum absolute atomic E-state index is 12.1. The van der Waals surface area contributed by atoms with E-state index in [1.807, 2.05) is 29.1 Å². The van der Waals surface area contributed by atoms with Crippen LogP contribution in [0.15, 0.2) is 57.2 Å². The lowest BCUT2D eigenvalue weighted by molar-refractivity contribution is 0.794. The van der Waals surface area contributed by atoms with Gasteiger partial charge in [-0.05, 0) is 6.07 Å². The van der Waals surface area contributed by atoms with Crippen molar-refractivity contribution < 1.29 is 0 Å². The Bertz CT molecular complexity index is 1330. The maximum Gasteiger partial charge on any atom is 0.258 e. The molecule has 0 saturated carbocycles. The Morgan fingerprint density at radius 1 is 1.19 bits per heavy atom. The molecule has 4 heterocycles. The standard InChI is InChI=1S/C18H13N5OS3/c1-22-16(13-10-26-14-5-3-2-4-12(13)14)20-21-18(22)27-9-11-8-15(24)23-6-7-25-17(23)19-11/h2-8,10H,9H2,1H3. The molecule has 0 atom stereocenters. The van der Waals surface area contributed by atoms with E-state index in [0.29, 0.717) is 10.7 Å². The zero-order valence-electron chi connectivity index (χ0n) is 14.2. The van der Waals surface area contributed by atoms with Crippen LogP contribution in [0.25, 0.3) is 26.4 Å². The zero-order chi connectivity index (χ0) is 18.4. The van der Waals surface area contributed by atoms with Crippen molar-refractivity contribution >= 4 is 49.5 Å². The van der Waals surface area contributed by atoms with Gasteiger partial charge in [0.2, 0.25) is 0 Å². The number of nitrogens with zero attached hydrogens (tertiary/aromatic N) is 5. The van der Waals surface area contributed by atoms with Gasteiger partial charge in [-0.3, -0.25) is 9.20 Å². The molecule has 27 heavy (non-hydrogen) atoms. The predicted molar refractivity (Wildman–Crippen MR) is 111 cm³/mol. The highest BCUT2D eigenvalue weighted by Crippen LogP contribution is 2.34. The van der Waals surface area contributed by atoms with Crippen molar-refractivity contribution in [2.75, 3.05) is 0 Å². The minimum Gasteiger partial charge on any atom is -0.305 e. The van der Waals surface area contributed by atoms with E-state index in [2.05, 4.69) is 32.7 Å². The minimum absolute atomic E-state index is 0.0553. The predicted octanol–water partition coefficient (Wildman–Crippen LogP) is 4.06. The topological polar surface area (TPSA) is 65.1 Å². The van der Waals surface area contributed by atoms with E-state index >= 15 is 0 Å². The second kappa shape index (κ2) is 6.59. The molecule has 0 N–H and O–H groups in total. The number of fused-ring (bicyclic) bond motifs is 2. The van der Waals surface area contributed by atoms with Crippen molar-refractivity contribution in [2.45, 2.75) is 10.9 Å². The zero-order valence-corrected chi connectivity index (χ0v) is 16.6. The number of hydrogen-bond acceptors (Lipinski definition) is 7. The third-order valence-corrected chi connectivity index (χ3v) is 7.04. The van der Waals surface area contributed by atoms with Gasteiger partial charge in [0.05, 0.1) is 5.69 Å². The molecule has 0 bridgehead atoms. The molecular formula is C18H13N5OS3. The van der Waals surface area contributed by atoms with E-state index in [4.69, 9.17) is 0 Å². The summed E-state index contributed by atoms with van der Waals surface area (Å²) >= 11 is 4.69. The molecular weight excluding hydrogens is 398 g/mol. The van der Waals surface area contributed by atoms with Gasteiger partial charge in [-0.25, -0.2) is 4.98 Å². The highest BCUT2D eigenvalue weighted by molar-refractivity contribution is 7.98. The van der Waals surface area contributed by atoms with Crippen LogP contribution in [0.4, 0.5) is 0 Å². The number of rotatable bonds is 4. The lowest BCUT2D eigenvalue weighted by Crippen LogP contribution is -2.12. The molecule has 6 nitrogen and oxygen atoms in total. The first-order valence-electron chi connectivity index (χ1n) is 8.15. The van der Waals surface area contributed by atoms with Crippen LogP contribution in [0.3, 0.4) is 0 Å². The summed E-state index contributed by atoms with van der Waals surface area (Å²) in [5.41, 5.74) is 1.78. The summed E-state index contributed by atoms with van der Waals surface area (Å²) in [6, 6.07) is 9.88. The van der Waals surface area contributed by atoms with Crippen LogP contribution in [-0.2, 0) is 12.8 Å². The van der Waals surface area contributed by atoms with Gasteiger partial charge in [0.15, 0.2) is 15.9 Å². The van der Waals surface area contributed by atoms with Crippen LogP contribution in [0, 0.1) is 0 Å². The Labute approximate surface area is 166 Å². The molecule has 0 aliphatic heterocycles. The first kappa shape index (κ1) is 16.7. The van der Waals surface area contributed by atoms with Gasteiger partial charge >= 0.3 is 0 Å². The SMILES string of the molecule is Cn1c(SCc2cc(=O)n3ccsc3n2)nnc1-c1csc2ccccc12. The van der Waals surface area contributed by atoms with E-state index in [-0.39, 0.29) is 5.56 Å². The fourth-order valence-corrected chi connectivity index (χ4v) is 5.41. The van der Waals surface area contributed by atoms with Gasteiger partial charge in [0.1, 0.15) is 0 Å². The minimum atomic E-state index is -0.0553. The normalized spacial score (nSPS) is 11.6. The van der Waals surface area contributed by atoms with Crippen LogP contribution >= 0.6 is 34.4 Å². The quantitative estimate of drug-likeness (QED) is 0.417. The summed E-state index contributed by atoms with van der Waals surface area (Å²) in [6.45, 7) is 0. The molecule has 9 heteroatoms. The Morgan fingerprint density at radius 3 is 3.00 bits per heavy atom. The largest absolute Gasteiger partial charge is 0.305 e. The molecule has 0 fully saturated rings. The molecule has 5 rings (SSSR count). The lowest BCUT2D eigenvalue weighted by atomic mass is 10.2. The number of thiazole rings is 1. The van der Waals surface area contributed by atoms with Gasteiger partial charge in [0, 0.05) is 51.5 Å². The molecule has 4 aromatic heterocycles. The maximum atomic E-state index is 12.1. The van der Waals surface area contributed by atoms with E-state index in [0.717, 1.165) is 22.2 Å². The number of thiophene rings is 1. The summed E-state index contributed by atoms with van der Waals surface area (Å²) in [4.78, 5) is 17.4. The third-order valence-electron chi connectivity index (χ3n) is 4.26. The monoisotopic (exact) mass is 411 g/mol. The highest BCUT2D eigenvalue weighted by atomic mass is 32.2. The van der Waals surface area contributed by atoms with Gasteiger partial charge in [-0.15, -0.1) is 32.9 Å². The number of aromatic nitrogens is 5. The molecule has 0 amide bonds. The van der Waals surface area contributed by atoms with Gasteiger partial charge < -0.3 is 4.57 Å². The van der Waals surface area contributed by atoms with Gasteiger partial charge in [-0.1, -0.05) is 30.0 Å². The average molecular weight is 412 g/mol. The molecule has 0 spiro atoms. The van der Waals surface area contributed by atoms with E-state index in [1.54, 1.807) is 28.0 Å². The molecule has 0 saturated heterocycles. The van der Waals surface area contributed by atoms with Crippen LogP contribution in [-0.4, -0.2) is 24.1 Å². The third kappa shape index (κ3) is 2.88. The number of hydrogen-bond donors (Lipinski definition) is 0. The van der Waals surface area contributed by atoms with E-state index in [1.165, 1.54) is 33.2 Å². The Morgan fingerprint density at radius 2 is 2.07 bits per heavy atom. The Balaban J connectivity index is 1.44. The highest BCUT2D eigenvalue weighted by Gasteiger charge is 2.15. The van der Waals surface area contributed by atoms with Crippen LogP contribution in [0.1, 0.15) is 5.69 Å². The van der Waals surface area contributed by atoms with Crippen molar-refractivity contribution in [3.05, 3.63) is 63.3 Å². The summed E-state index contributed by atoms with van der Waals surface area (Å²) < 4.78 is 4.79. The Hall–Kier alpha value is -2.49. The summed E-state index contributed by atoms with van der Waals surface area (Å²) in [7, 11) is 1.97. The number of thioether (sulfide) groups is 1. The van der Waals surface area contributed by atoms with Crippen molar-refractivity contribution in [2.24, 2.45) is 7.05 Å². The Kier molecular flexibility index (Phi) is 4.07. The smallest absolute Gasteiger partial charge is 0.258 e. The number of benzene rings is 1. The lowest BCUT2D eigenvalue weighted by Gasteiger charge is -2.03. The first-order valence-corrected chi connectivity index (χ1v) is 10.9. The summed E-state index contributed by atoms with van der Waals surface area (Å²) in [5.74, 6) is 1.41. The van der Waals surface area contributed by atoms with Gasteiger partial charge in [-0.2, -0.15) is 0 Å². The second-order valence-electron chi connectivity index (χ2n) is 5.94. The van der Waals surface area contributed by atoms with Crippen LogP contribution in [0.5, 0.6) is 0 Å².